The van der Waals surface area contributed by atoms with Gasteiger partial charge in [0.2, 0.25) is 0 Å². The third-order valence-electron chi connectivity index (χ3n) is 5.94. The number of nitrogens with zero attached hydrogens (tertiary/aromatic N) is 3. The first-order chi connectivity index (χ1) is 16.0. The van der Waals surface area contributed by atoms with Crippen LogP contribution in [0.25, 0.3) is 22.1 Å². The van der Waals surface area contributed by atoms with E-state index < -0.39 is 10.1 Å². The first kappa shape index (κ1) is 23.7. The SMILES string of the molecule is COc1ccc2c(c1)[n+]1nc(C)c(C)cc1c1cccn21.Cc1cc(C)c(S(=O)(=O)[O-])c(C)c1. The molecule has 0 aliphatic carbocycles. The lowest BCUT2D eigenvalue weighted by Crippen LogP contribution is -2.30. The molecule has 8 heteroatoms. The molecular weight excluding hydrogens is 450 g/mol. The number of rotatable bonds is 2. The van der Waals surface area contributed by atoms with Crippen LogP contribution >= 0.6 is 0 Å². The molecule has 7 nitrogen and oxygen atoms in total. The lowest BCUT2D eigenvalue weighted by atomic mass is 10.1. The molecule has 0 amide bonds. The highest BCUT2D eigenvalue weighted by Crippen LogP contribution is 2.23. The highest BCUT2D eigenvalue weighted by molar-refractivity contribution is 7.85. The molecule has 176 valence electrons. The lowest BCUT2D eigenvalue weighted by Gasteiger charge is -2.14. The maximum absolute atomic E-state index is 10.8. The highest BCUT2D eigenvalue weighted by Gasteiger charge is 2.19. The number of benzene rings is 2. The summed E-state index contributed by atoms with van der Waals surface area (Å²) in [6.07, 6.45) is 2.08. The molecule has 34 heavy (non-hydrogen) atoms. The molecule has 3 aromatic heterocycles. The molecule has 0 N–H and O–H groups in total. The van der Waals surface area contributed by atoms with Gasteiger partial charge in [0.05, 0.1) is 18.1 Å². The molecule has 0 atom stereocenters. The van der Waals surface area contributed by atoms with Crippen LogP contribution in [0.4, 0.5) is 0 Å². The quantitative estimate of drug-likeness (QED) is 0.214. The van der Waals surface area contributed by atoms with Crippen molar-refractivity contribution in [3.63, 3.8) is 0 Å². The zero-order chi connectivity index (χ0) is 24.8. The molecular formula is C26H27N3O4S. The van der Waals surface area contributed by atoms with Crippen molar-refractivity contribution in [2.45, 2.75) is 39.5 Å². The average molecular weight is 478 g/mol. The Morgan fingerprint density at radius 2 is 1.50 bits per heavy atom. The van der Waals surface area contributed by atoms with Gasteiger partial charge in [-0.05, 0) is 80.1 Å². The third kappa shape index (κ3) is 4.22. The molecule has 0 bridgehead atoms. The van der Waals surface area contributed by atoms with Crippen molar-refractivity contribution < 1.29 is 22.2 Å². The predicted octanol–water partition coefficient (Wildman–Crippen LogP) is 4.37. The maximum atomic E-state index is 10.8. The van der Waals surface area contributed by atoms with Gasteiger partial charge in [0.15, 0.2) is 0 Å². The summed E-state index contributed by atoms with van der Waals surface area (Å²) in [4.78, 5) is -0.0851. The Morgan fingerprint density at radius 3 is 2.12 bits per heavy atom. The summed E-state index contributed by atoms with van der Waals surface area (Å²) < 4.78 is 42.1. The zero-order valence-corrected chi connectivity index (χ0v) is 20.9. The molecule has 0 unspecified atom stereocenters. The first-order valence-corrected chi connectivity index (χ1v) is 12.2. The third-order valence-corrected chi connectivity index (χ3v) is 7.08. The van der Waals surface area contributed by atoms with Gasteiger partial charge in [0.1, 0.15) is 32.6 Å². The molecule has 3 heterocycles. The van der Waals surface area contributed by atoms with E-state index >= 15 is 0 Å². The Labute approximate surface area is 199 Å². The van der Waals surface area contributed by atoms with Gasteiger partial charge in [0.25, 0.3) is 11.0 Å². The molecule has 5 rings (SSSR count). The molecule has 0 radical (unpaired) electrons. The zero-order valence-electron chi connectivity index (χ0n) is 20.1. The number of aromatic nitrogens is 3. The van der Waals surface area contributed by atoms with Crippen LogP contribution in [0, 0.1) is 34.6 Å². The van der Waals surface area contributed by atoms with Gasteiger partial charge in [0, 0.05) is 17.4 Å². The predicted molar refractivity (Wildman–Crippen MR) is 131 cm³/mol. The van der Waals surface area contributed by atoms with Crippen LogP contribution in [-0.4, -0.2) is 29.6 Å². The van der Waals surface area contributed by atoms with Gasteiger partial charge >= 0.3 is 0 Å². The fraction of sp³-hybridized carbons (Fsp3) is 0.231. The number of fused-ring (bicyclic) bond motifs is 6. The standard InChI is InChI=1S/C17H16N3O.C9H12O3S/c1-11-9-16-14-5-4-8-19(14)15-7-6-13(21-3)10-17(15)20(16)18-12(11)2;1-6-4-7(2)9(8(3)5-6)13(10,11)12/h4-10H,1-3H3;4-5H,1-3H3,(H,10,11,12)/q+1;/p-1. The lowest BCUT2D eigenvalue weighted by molar-refractivity contribution is -0.553. The monoisotopic (exact) mass is 477 g/mol. The molecule has 0 spiro atoms. The number of aryl methyl sites for hydroxylation is 5. The van der Waals surface area contributed by atoms with Gasteiger partial charge < -0.3 is 13.7 Å². The van der Waals surface area contributed by atoms with Crippen molar-refractivity contribution in [1.82, 2.24) is 9.50 Å². The summed E-state index contributed by atoms with van der Waals surface area (Å²) in [6.45, 7) is 9.25. The second-order valence-corrected chi connectivity index (χ2v) is 9.83. The smallest absolute Gasteiger partial charge is 0.266 e. The molecule has 2 aromatic carbocycles. The Kier molecular flexibility index (Phi) is 6.05. The normalized spacial score (nSPS) is 11.6. The Hall–Kier alpha value is -3.49. The number of ether oxygens (including phenoxy) is 1. The summed E-state index contributed by atoms with van der Waals surface area (Å²) in [5.74, 6) is 0.836. The van der Waals surface area contributed by atoms with Gasteiger partial charge in [-0.3, -0.25) is 0 Å². The van der Waals surface area contributed by atoms with E-state index in [0.717, 1.165) is 39.1 Å². The van der Waals surface area contributed by atoms with E-state index in [1.54, 1.807) is 33.1 Å². The van der Waals surface area contributed by atoms with E-state index in [0.29, 0.717) is 11.1 Å². The number of hydrogen-bond donors (Lipinski definition) is 0. The minimum Gasteiger partial charge on any atom is -0.744 e. The summed E-state index contributed by atoms with van der Waals surface area (Å²) in [5.41, 5.74) is 8.64. The van der Waals surface area contributed by atoms with E-state index in [4.69, 9.17) is 9.84 Å². The maximum Gasteiger partial charge on any atom is 0.266 e. The number of hydrogen-bond acceptors (Lipinski definition) is 5. The largest absolute Gasteiger partial charge is 0.744 e. The van der Waals surface area contributed by atoms with Gasteiger partial charge in [-0.15, -0.1) is 0 Å². The van der Waals surface area contributed by atoms with Crippen LogP contribution in [0.1, 0.15) is 27.9 Å². The Morgan fingerprint density at radius 1 is 0.882 bits per heavy atom. The molecule has 0 saturated heterocycles. The first-order valence-electron chi connectivity index (χ1n) is 10.8. The summed E-state index contributed by atoms with van der Waals surface area (Å²) in [6, 6.07) is 15.8. The molecule has 0 saturated carbocycles. The highest BCUT2D eigenvalue weighted by atomic mass is 32.2. The molecule has 0 aliphatic heterocycles. The topological polar surface area (TPSA) is 87.8 Å². The van der Waals surface area contributed by atoms with E-state index in [9.17, 15) is 13.0 Å². The van der Waals surface area contributed by atoms with Gasteiger partial charge in [-0.25, -0.2) is 8.42 Å². The molecule has 0 aliphatic rings. The van der Waals surface area contributed by atoms with Crippen LogP contribution in [0.2, 0.25) is 0 Å². The van der Waals surface area contributed by atoms with Crippen molar-refractivity contribution in [3.05, 3.63) is 82.7 Å². The van der Waals surface area contributed by atoms with Crippen molar-refractivity contribution in [2.75, 3.05) is 7.11 Å². The van der Waals surface area contributed by atoms with Crippen LogP contribution in [0.15, 0.2) is 59.6 Å². The van der Waals surface area contributed by atoms with Crippen LogP contribution < -0.4 is 9.25 Å². The fourth-order valence-electron chi connectivity index (χ4n) is 4.38. The van der Waals surface area contributed by atoms with E-state index in [-0.39, 0.29) is 4.90 Å². The van der Waals surface area contributed by atoms with Crippen molar-refractivity contribution in [3.8, 4) is 5.75 Å². The van der Waals surface area contributed by atoms with Crippen LogP contribution in [0.5, 0.6) is 5.75 Å². The molecule has 0 fully saturated rings. The van der Waals surface area contributed by atoms with Gasteiger partial charge in [-0.2, -0.15) is 0 Å². The van der Waals surface area contributed by atoms with E-state index in [1.165, 1.54) is 5.56 Å². The minimum absolute atomic E-state index is 0.0851. The second-order valence-electron chi connectivity index (χ2n) is 8.51. The summed E-state index contributed by atoms with van der Waals surface area (Å²) >= 11 is 0. The second kappa shape index (κ2) is 8.70. The average Bonchev–Trinajstić information content (AvgIpc) is 3.23. The molecule has 5 aromatic rings. The van der Waals surface area contributed by atoms with Crippen molar-refractivity contribution >= 4 is 32.2 Å². The van der Waals surface area contributed by atoms with Crippen molar-refractivity contribution in [1.29, 1.82) is 0 Å². The number of methoxy groups -OCH3 is 1. The van der Waals surface area contributed by atoms with E-state index in [1.807, 2.05) is 30.5 Å². The van der Waals surface area contributed by atoms with E-state index in [2.05, 4.69) is 41.8 Å². The van der Waals surface area contributed by atoms with Gasteiger partial charge in [-0.1, -0.05) is 17.7 Å². The summed E-state index contributed by atoms with van der Waals surface area (Å²) in [7, 11) is -2.65. The van der Waals surface area contributed by atoms with Crippen LogP contribution in [-0.2, 0) is 10.1 Å². The van der Waals surface area contributed by atoms with Crippen molar-refractivity contribution in [2.24, 2.45) is 0 Å². The van der Waals surface area contributed by atoms with Crippen LogP contribution in [0.3, 0.4) is 0 Å². The fourth-order valence-corrected chi connectivity index (χ4v) is 5.29. The Balaban J connectivity index is 0.000000182. The Bertz CT molecular complexity index is 1650. The summed E-state index contributed by atoms with van der Waals surface area (Å²) in [5, 5.41) is 4.76. The minimum atomic E-state index is -4.33.